The van der Waals surface area contributed by atoms with Crippen molar-refractivity contribution in [2.75, 3.05) is 6.54 Å². The van der Waals surface area contributed by atoms with Crippen LogP contribution in [-0.4, -0.2) is 36.0 Å². The van der Waals surface area contributed by atoms with Crippen LogP contribution < -0.4 is 10.6 Å². The van der Waals surface area contributed by atoms with Crippen LogP contribution in [0, 0.1) is 0 Å². The van der Waals surface area contributed by atoms with Crippen LogP contribution in [0.2, 0.25) is 0 Å². The molecule has 0 heterocycles. The molecule has 132 valence electrons. The summed E-state index contributed by atoms with van der Waals surface area (Å²) in [5.74, 6) is -0.106. The number of rotatable bonds is 13. The van der Waals surface area contributed by atoms with Crippen molar-refractivity contribution in [1.29, 1.82) is 0 Å². The lowest BCUT2D eigenvalue weighted by atomic mass is 10.1. The SMILES string of the molecule is CCC(=O)CCCNC(=O)C(CCCC(=O)CC)NC(=O)CC. The molecule has 0 radical (unpaired) electrons. The Kier molecular flexibility index (Phi) is 11.8. The Hall–Kier alpha value is -1.72. The van der Waals surface area contributed by atoms with Gasteiger partial charge < -0.3 is 10.6 Å². The van der Waals surface area contributed by atoms with Crippen molar-refractivity contribution in [2.24, 2.45) is 0 Å². The molecule has 6 nitrogen and oxygen atoms in total. The minimum atomic E-state index is -0.617. The third kappa shape index (κ3) is 10.6. The molecular weight excluding hydrogens is 296 g/mol. The lowest BCUT2D eigenvalue weighted by Crippen LogP contribution is -2.46. The molecule has 0 rings (SSSR count). The lowest BCUT2D eigenvalue weighted by Gasteiger charge is -2.18. The molecule has 0 fully saturated rings. The van der Waals surface area contributed by atoms with Crippen molar-refractivity contribution in [3.05, 3.63) is 0 Å². The number of carbonyl (C=O) groups excluding carboxylic acids is 4. The van der Waals surface area contributed by atoms with Crippen LogP contribution in [0.25, 0.3) is 0 Å². The molecule has 1 unspecified atom stereocenters. The summed E-state index contributed by atoms with van der Waals surface area (Å²) in [5.41, 5.74) is 0. The van der Waals surface area contributed by atoms with E-state index in [1.54, 1.807) is 6.92 Å². The molecule has 1 atom stereocenters. The molecule has 0 aromatic heterocycles. The van der Waals surface area contributed by atoms with Gasteiger partial charge in [-0.1, -0.05) is 20.8 Å². The van der Waals surface area contributed by atoms with Gasteiger partial charge in [-0.15, -0.1) is 0 Å². The van der Waals surface area contributed by atoms with E-state index in [1.165, 1.54) is 0 Å². The summed E-state index contributed by atoms with van der Waals surface area (Å²) in [6.07, 6.45) is 3.80. The van der Waals surface area contributed by atoms with Crippen LogP contribution in [0.1, 0.15) is 72.1 Å². The summed E-state index contributed by atoms with van der Waals surface area (Å²) in [6.45, 7) is 5.76. The van der Waals surface area contributed by atoms with Gasteiger partial charge in [0.2, 0.25) is 11.8 Å². The number of hydrogen-bond donors (Lipinski definition) is 2. The molecule has 2 N–H and O–H groups in total. The highest BCUT2D eigenvalue weighted by Gasteiger charge is 2.19. The molecule has 0 aliphatic carbocycles. The van der Waals surface area contributed by atoms with Crippen LogP contribution in [0.15, 0.2) is 0 Å². The van der Waals surface area contributed by atoms with E-state index in [2.05, 4.69) is 10.6 Å². The Balaban J connectivity index is 4.30. The fourth-order valence-electron chi connectivity index (χ4n) is 2.04. The number of Topliss-reactive ketones (excluding diaryl/α,β-unsaturated/α-hetero) is 2. The van der Waals surface area contributed by atoms with Crippen molar-refractivity contribution in [1.82, 2.24) is 10.6 Å². The third-order valence-corrected chi connectivity index (χ3v) is 3.64. The fraction of sp³-hybridized carbons (Fsp3) is 0.765. The monoisotopic (exact) mass is 326 g/mol. The minimum Gasteiger partial charge on any atom is -0.354 e. The first-order valence-electron chi connectivity index (χ1n) is 8.54. The molecule has 0 saturated heterocycles. The molecule has 23 heavy (non-hydrogen) atoms. The maximum Gasteiger partial charge on any atom is 0.242 e. The van der Waals surface area contributed by atoms with E-state index in [4.69, 9.17) is 0 Å². The first-order chi connectivity index (χ1) is 10.9. The van der Waals surface area contributed by atoms with Gasteiger partial charge in [-0.25, -0.2) is 0 Å². The zero-order valence-corrected chi connectivity index (χ0v) is 14.6. The number of nitrogens with one attached hydrogen (secondary N) is 2. The average Bonchev–Trinajstić information content (AvgIpc) is 2.56. The zero-order valence-electron chi connectivity index (χ0n) is 14.6. The number of carbonyl (C=O) groups is 4. The molecule has 0 aliphatic heterocycles. The normalized spacial score (nSPS) is 11.6. The molecule has 6 heteroatoms. The first kappa shape index (κ1) is 21.3. The highest BCUT2D eigenvalue weighted by atomic mass is 16.2. The average molecular weight is 326 g/mol. The Labute approximate surface area is 138 Å². The van der Waals surface area contributed by atoms with Crippen LogP contribution in [-0.2, 0) is 19.2 Å². The summed E-state index contributed by atoms with van der Waals surface area (Å²) in [4.78, 5) is 46.2. The maximum absolute atomic E-state index is 12.2. The summed E-state index contributed by atoms with van der Waals surface area (Å²) >= 11 is 0. The summed E-state index contributed by atoms with van der Waals surface area (Å²) in [5, 5.41) is 5.44. The standard InChI is InChI=1S/C17H30N2O4/c1-4-13(20)9-7-11-15(19-16(22)6-3)17(23)18-12-8-10-14(21)5-2/h15H,4-12H2,1-3H3,(H,18,23)(H,19,22). The molecule has 0 aromatic carbocycles. The lowest BCUT2D eigenvalue weighted by molar-refractivity contribution is -0.129. The molecule has 0 bridgehead atoms. The predicted octanol–water partition coefficient (Wildman–Crippen LogP) is 1.91. The second-order valence-electron chi connectivity index (χ2n) is 5.54. The second-order valence-corrected chi connectivity index (χ2v) is 5.54. The van der Waals surface area contributed by atoms with Crippen molar-refractivity contribution < 1.29 is 19.2 Å². The van der Waals surface area contributed by atoms with Crippen LogP contribution >= 0.6 is 0 Å². The second kappa shape index (κ2) is 12.8. The van der Waals surface area contributed by atoms with Gasteiger partial charge in [-0.05, 0) is 19.3 Å². The predicted molar refractivity (Wildman–Crippen MR) is 88.9 cm³/mol. The van der Waals surface area contributed by atoms with Crippen LogP contribution in [0.5, 0.6) is 0 Å². The van der Waals surface area contributed by atoms with Gasteiger partial charge in [0.15, 0.2) is 0 Å². The van der Waals surface area contributed by atoms with E-state index >= 15 is 0 Å². The maximum atomic E-state index is 12.2. The van der Waals surface area contributed by atoms with E-state index in [0.29, 0.717) is 57.9 Å². The summed E-state index contributed by atoms with van der Waals surface area (Å²) < 4.78 is 0. The molecular formula is C17H30N2O4. The Morgan fingerprint density at radius 1 is 0.826 bits per heavy atom. The van der Waals surface area contributed by atoms with Crippen molar-refractivity contribution in [2.45, 2.75) is 78.2 Å². The topological polar surface area (TPSA) is 92.3 Å². The fourth-order valence-corrected chi connectivity index (χ4v) is 2.04. The van der Waals surface area contributed by atoms with Gasteiger partial charge in [-0.3, -0.25) is 19.2 Å². The van der Waals surface area contributed by atoms with Crippen LogP contribution in [0.3, 0.4) is 0 Å². The largest absolute Gasteiger partial charge is 0.354 e. The summed E-state index contributed by atoms with van der Waals surface area (Å²) in [7, 11) is 0. The molecule has 0 aromatic rings. The van der Waals surface area contributed by atoms with Gasteiger partial charge in [0.1, 0.15) is 17.6 Å². The Morgan fingerprint density at radius 2 is 1.39 bits per heavy atom. The Bertz CT molecular complexity index is 407. The van der Waals surface area contributed by atoms with Crippen molar-refractivity contribution in [3.8, 4) is 0 Å². The molecule has 2 amide bonds. The van der Waals surface area contributed by atoms with E-state index in [9.17, 15) is 19.2 Å². The van der Waals surface area contributed by atoms with Gasteiger partial charge in [-0.2, -0.15) is 0 Å². The number of amides is 2. The third-order valence-electron chi connectivity index (χ3n) is 3.64. The van der Waals surface area contributed by atoms with E-state index < -0.39 is 6.04 Å². The van der Waals surface area contributed by atoms with Gasteiger partial charge in [0.25, 0.3) is 0 Å². The smallest absolute Gasteiger partial charge is 0.242 e. The zero-order chi connectivity index (χ0) is 17.7. The molecule has 0 aliphatic rings. The summed E-state index contributed by atoms with van der Waals surface area (Å²) in [6, 6.07) is -0.617. The quantitative estimate of drug-likeness (QED) is 0.506. The van der Waals surface area contributed by atoms with Gasteiger partial charge in [0, 0.05) is 38.6 Å². The van der Waals surface area contributed by atoms with E-state index in [-0.39, 0.29) is 23.4 Å². The van der Waals surface area contributed by atoms with Crippen LogP contribution in [0.4, 0.5) is 0 Å². The number of hydrogen-bond acceptors (Lipinski definition) is 4. The number of ketones is 2. The Morgan fingerprint density at radius 3 is 1.91 bits per heavy atom. The highest BCUT2D eigenvalue weighted by molar-refractivity contribution is 5.87. The highest BCUT2D eigenvalue weighted by Crippen LogP contribution is 2.05. The van der Waals surface area contributed by atoms with E-state index in [0.717, 1.165) is 0 Å². The van der Waals surface area contributed by atoms with Crippen molar-refractivity contribution >= 4 is 23.4 Å². The molecule has 0 spiro atoms. The molecule has 0 saturated carbocycles. The first-order valence-corrected chi connectivity index (χ1v) is 8.54. The minimum absolute atomic E-state index is 0.157. The van der Waals surface area contributed by atoms with E-state index in [1.807, 2.05) is 13.8 Å². The van der Waals surface area contributed by atoms with Crippen molar-refractivity contribution in [3.63, 3.8) is 0 Å². The van der Waals surface area contributed by atoms with Gasteiger partial charge >= 0.3 is 0 Å². The van der Waals surface area contributed by atoms with Gasteiger partial charge in [0.05, 0.1) is 0 Å².